The maximum Gasteiger partial charge on any atom is 0.133 e. The topological polar surface area (TPSA) is 38.7 Å². The van der Waals surface area contributed by atoms with Gasteiger partial charge in [-0.15, -0.1) is 0 Å². The average molecular weight is 274 g/mol. The first-order valence-electron chi connectivity index (χ1n) is 6.75. The first kappa shape index (κ1) is 12.5. The van der Waals surface area contributed by atoms with Gasteiger partial charge in [-0.25, -0.2) is 9.97 Å². The second-order valence-corrected chi connectivity index (χ2v) is 5.27. The third kappa shape index (κ3) is 2.47. The van der Waals surface area contributed by atoms with Gasteiger partial charge in [0.1, 0.15) is 11.0 Å². The lowest BCUT2D eigenvalue weighted by Crippen LogP contribution is -2.15. The van der Waals surface area contributed by atoms with Crippen LogP contribution >= 0.6 is 11.6 Å². The fourth-order valence-corrected chi connectivity index (χ4v) is 2.93. The Morgan fingerprint density at radius 3 is 3.11 bits per heavy atom. The fraction of sp³-hybridized carbons (Fsp3) is 0.400. The molecule has 2 aromatic heterocycles. The predicted octanol–water partition coefficient (Wildman–Crippen LogP) is 3.56. The first-order chi connectivity index (χ1) is 9.28. The van der Waals surface area contributed by atoms with E-state index in [-0.39, 0.29) is 5.92 Å². The molecule has 0 spiro atoms. The van der Waals surface area contributed by atoms with Crippen LogP contribution in [0.1, 0.15) is 48.5 Å². The quantitative estimate of drug-likeness (QED) is 0.786. The summed E-state index contributed by atoms with van der Waals surface area (Å²) in [4.78, 5) is 13.4. The molecule has 0 fully saturated rings. The van der Waals surface area contributed by atoms with E-state index >= 15 is 0 Å². The minimum absolute atomic E-state index is 0.260. The van der Waals surface area contributed by atoms with Gasteiger partial charge < -0.3 is 0 Å². The second-order valence-electron chi connectivity index (χ2n) is 4.88. The summed E-state index contributed by atoms with van der Waals surface area (Å²) in [6.45, 7) is 2.04. The number of pyridine rings is 1. The summed E-state index contributed by atoms with van der Waals surface area (Å²) < 4.78 is 0. The average Bonchev–Trinajstić information content (AvgIpc) is 2.46. The van der Waals surface area contributed by atoms with Crippen LogP contribution in [0.15, 0.2) is 24.4 Å². The molecule has 0 aliphatic heterocycles. The van der Waals surface area contributed by atoms with Gasteiger partial charge in [-0.3, -0.25) is 4.98 Å². The molecule has 3 nitrogen and oxygen atoms in total. The van der Waals surface area contributed by atoms with Gasteiger partial charge in [0.25, 0.3) is 0 Å². The second kappa shape index (κ2) is 5.25. The Morgan fingerprint density at radius 2 is 2.26 bits per heavy atom. The molecule has 0 aromatic carbocycles. The van der Waals surface area contributed by atoms with E-state index in [9.17, 15) is 0 Å². The molecule has 0 radical (unpaired) electrons. The Morgan fingerprint density at radius 1 is 1.37 bits per heavy atom. The molecule has 1 unspecified atom stereocenters. The van der Waals surface area contributed by atoms with E-state index in [0.29, 0.717) is 5.15 Å². The minimum Gasteiger partial charge on any atom is -0.260 e. The molecular weight excluding hydrogens is 258 g/mol. The highest BCUT2D eigenvalue weighted by Crippen LogP contribution is 2.34. The van der Waals surface area contributed by atoms with Crippen LogP contribution in [0.25, 0.3) is 0 Å². The zero-order valence-electron chi connectivity index (χ0n) is 10.9. The number of aromatic nitrogens is 3. The number of halogens is 1. The largest absolute Gasteiger partial charge is 0.260 e. The third-order valence-corrected chi connectivity index (χ3v) is 3.82. The highest BCUT2D eigenvalue weighted by Gasteiger charge is 2.24. The summed E-state index contributed by atoms with van der Waals surface area (Å²) in [7, 11) is 0. The lowest BCUT2D eigenvalue weighted by molar-refractivity contribution is 0.584. The standard InChI is InChI=1S/C15H16ClN3/c1-2-14-18-12(9-13(16)19-14)11-7-3-5-10-6-4-8-17-15(10)11/h4,6,8-9,11H,2-3,5,7H2,1H3. The zero-order chi connectivity index (χ0) is 13.2. The molecule has 98 valence electrons. The number of fused-ring (bicyclic) bond motifs is 1. The Labute approximate surface area is 118 Å². The van der Waals surface area contributed by atoms with Crippen molar-refractivity contribution < 1.29 is 0 Å². The number of nitrogens with zero attached hydrogens (tertiary/aromatic N) is 3. The van der Waals surface area contributed by atoms with Crippen molar-refractivity contribution in [2.24, 2.45) is 0 Å². The van der Waals surface area contributed by atoms with Crippen molar-refractivity contribution in [1.82, 2.24) is 15.0 Å². The summed E-state index contributed by atoms with van der Waals surface area (Å²) >= 11 is 6.10. The van der Waals surface area contributed by atoms with Crippen molar-refractivity contribution in [3.05, 3.63) is 52.3 Å². The van der Waals surface area contributed by atoms with Crippen LogP contribution < -0.4 is 0 Å². The first-order valence-corrected chi connectivity index (χ1v) is 7.13. The van der Waals surface area contributed by atoms with E-state index < -0.39 is 0 Å². The summed E-state index contributed by atoms with van der Waals surface area (Å²) in [6.07, 6.45) is 6.03. The highest BCUT2D eigenvalue weighted by molar-refractivity contribution is 6.29. The van der Waals surface area contributed by atoms with Crippen LogP contribution in [0.3, 0.4) is 0 Å². The Bertz CT molecular complexity index is 598. The van der Waals surface area contributed by atoms with Crippen molar-refractivity contribution in [3.8, 4) is 0 Å². The van der Waals surface area contributed by atoms with Gasteiger partial charge in [0, 0.05) is 18.5 Å². The van der Waals surface area contributed by atoms with E-state index in [1.807, 2.05) is 25.3 Å². The number of aryl methyl sites for hydroxylation is 2. The molecule has 1 aliphatic rings. The predicted molar refractivity (Wildman–Crippen MR) is 75.4 cm³/mol. The van der Waals surface area contributed by atoms with Crippen LogP contribution in [-0.2, 0) is 12.8 Å². The maximum atomic E-state index is 6.10. The molecule has 1 atom stereocenters. The minimum atomic E-state index is 0.260. The van der Waals surface area contributed by atoms with Crippen LogP contribution in [0.2, 0.25) is 5.15 Å². The number of rotatable bonds is 2. The van der Waals surface area contributed by atoms with Crippen molar-refractivity contribution in [1.29, 1.82) is 0 Å². The van der Waals surface area contributed by atoms with Gasteiger partial charge in [-0.1, -0.05) is 24.6 Å². The van der Waals surface area contributed by atoms with E-state index in [4.69, 9.17) is 11.6 Å². The van der Waals surface area contributed by atoms with Gasteiger partial charge in [0.05, 0.1) is 11.4 Å². The Hall–Kier alpha value is -1.48. The number of hydrogen-bond acceptors (Lipinski definition) is 3. The fourth-order valence-electron chi connectivity index (χ4n) is 2.72. The van der Waals surface area contributed by atoms with Crippen molar-refractivity contribution in [3.63, 3.8) is 0 Å². The summed E-state index contributed by atoms with van der Waals surface area (Å²) in [5.74, 6) is 1.07. The van der Waals surface area contributed by atoms with Crippen molar-refractivity contribution >= 4 is 11.6 Å². The van der Waals surface area contributed by atoms with Crippen LogP contribution in [0.4, 0.5) is 0 Å². The summed E-state index contributed by atoms with van der Waals surface area (Å²) in [6, 6.07) is 6.05. The van der Waals surface area contributed by atoms with E-state index in [2.05, 4.69) is 21.0 Å². The Balaban J connectivity index is 2.06. The molecule has 3 rings (SSSR count). The monoisotopic (exact) mass is 273 g/mol. The molecule has 0 saturated heterocycles. The van der Waals surface area contributed by atoms with Gasteiger partial charge in [-0.2, -0.15) is 0 Å². The van der Waals surface area contributed by atoms with Crippen molar-refractivity contribution in [2.45, 2.75) is 38.5 Å². The molecule has 4 heteroatoms. The van der Waals surface area contributed by atoms with E-state index in [1.54, 1.807) is 0 Å². The highest BCUT2D eigenvalue weighted by atomic mass is 35.5. The van der Waals surface area contributed by atoms with Gasteiger partial charge in [-0.05, 0) is 37.0 Å². The Kier molecular flexibility index (Phi) is 3.47. The maximum absolute atomic E-state index is 6.10. The lowest BCUT2D eigenvalue weighted by Gasteiger charge is -2.24. The molecular formula is C15H16ClN3. The zero-order valence-corrected chi connectivity index (χ0v) is 11.7. The van der Waals surface area contributed by atoms with Gasteiger partial charge in [0.2, 0.25) is 0 Å². The van der Waals surface area contributed by atoms with E-state index in [0.717, 1.165) is 36.5 Å². The molecule has 2 heterocycles. The van der Waals surface area contributed by atoms with Gasteiger partial charge >= 0.3 is 0 Å². The van der Waals surface area contributed by atoms with Crippen LogP contribution in [0.5, 0.6) is 0 Å². The number of hydrogen-bond donors (Lipinski definition) is 0. The van der Waals surface area contributed by atoms with Crippen molar-refractivity contribution in [2.75, 3.05) is 0 Å². The smallest absolute Gasteiger partial charge is 0.133 e. The van der Waals surface area contributed by atoms with Crippen LogP contribution in [-0.4, -0.2) is 15.0 Å². The molecule has 0 amide bonds. The molecule has 0 saturated carbocycles. The third-order valence-electron chi connectivity index (χ3n) is 3.63. The molecule has 19 heavy (non-hydrogen) atoms. The summed E-state index contributed by atoms with van der Waals surface area (Å²) in [5.41, 5.74) is 3.51. The SMILES string of the molecule is CCc1nc(Cl)cc(C2CCCc3cccnc32)n1. The normalized spacial score (nSPS) is 18.1. The lowest BCUT2D eigenvalue weighted by atomic mass is 9.84. The van der Waals surface area contributed by atoms with Crippen LogP contribution in [0, 0.1) is 0 Å². The molecule has 1 aliphatic carbocycles. The van der Waals surface area contributed by atoms with Gasteiger partial charge in [0.15, 0.2) is 0 Å². The van der Waals surface area contributed by atoms with E-state index in [1.165, 1.54) is 12.0 Å². The summed E-state index contributed by atoms with van der Waals surface area (Å²) in [5, 5.41) is 0.532. The molecule has 0 bridgehead atoms. The molecule has 0 N–H and O–H groups in total. The molecule has 2 aromatic rings.